The standard InChI is InChI=1S/C8H11N3O3/c12-6-5-9-8(10-7(6)13)11-1-3-14-4-2-11/h5,12H,1-4H2,(H,9,10,13). The molecule has 0 unspecified atom stereocenters. The van der Waals surface area contributed by atoms with Gasteiger partial charge in [0.15, 0.2) is 5.75 Å². The van der Waals surface area contributed by atoms with Crippen LogP contribution in [0.15, 0.2) is 11.0 Å². The molecule has 1 aliphatic rings. The van der Waals surface area contributed by atoms with Crippen LogP contribution < -0.4 is 10.5 Å². The highest BCUT2D eigenvalue weighted by Crippen LogP contribution is 2.08. The van der Waals surface area contributed by atoms with E-state index in [1.165, 1.54) is 0 Å². The molecule has 76 valence electrons. The van der Waals surface area contributed by atoms with Gasteiger partial charge in [0.2, 0.25) is 5.95 Å². The van der Waals surface area contributed by atoms with Gasteiger partial charge in [-0.25, -0.2) is 4.98 Å². The minimum atomic E-state index is -0.513. The van der Waals surface area contributed by atoms with Crippen molar-refractivity contribution in [2.24, 2.45) is 0 Å². The fourth-order valence-corrected chi connectivity index (χ4v) is 1.31. The molecule has 1 fully saturated rings. The molecule has 0 saturated carbocycles. The molecular weight excluding hydrogens is 186 g/mol. The molecule has 0 spiro atoms. The molecule has 6 heteroatoms. The van der Waals surface area contributed by atoms with Gasteiger partial charge in [-0.1, -0.05) is 0 Å². The number of ether oxygens (including phenoxy) is 1. The minimum Gasteiger partial charge on any atom is -0.502 e. The summed E-state index contributed by atoms with van der Waals surface area (Å²) in [6.07, 6.45) is 1.16. The first-order valence-corrected chi connectivity index (χ1v) is 4.38. The summed E-state index contributed by atoms with van der Waals surface area (Å²) in [5.74, 6) is 0.123. The van der Waals surface area contributed by atoms with E-state index in [1.54, 1.807) is 0 Å². The van der Waals surface area contributed by atoms with Crippen LogP contribution in [0.25, 0.3) is 0 Å². The number of aromatic hydroxyl groups is 1. The van der Waals surface area contributed by atoms with Gasteiger partial charge in [-0.2, -0.15) is 0 Å². The van der Waals surface area contributed by atoms with Gasteiger partial charge in [0, 0.05) is 13.1 Å². The van der Waals surface area contributed by atoms with Crippen LogP contribution in [0.3, 0.4) is 0 Å². The van der Waals surface area contributed by atoms with Gasteiger partial charge < -0.3 is 14.7 Å². The first kappa shape index (κ1) is 9.01. The number of hydrogen-bond acceptors (Lipinski definition) is 5. The van der Waals surface area contributed by atoms with Crippen molar-refractivity contribution in [2.75, 3.05) is 31.2 Å². The molecule has 1 saturated heterocycles. The van der Waals surface area contributed by atoms with E-state index in [9.17, 15) is 4.79 Å². The zero-order valence-electron chi connectivity index (χ0n) is 7.56. The third-order valence-corrected chi connectivity index (χ3v) is 2.08. The molecule has 1 aromatic rings. The Balaban J connectivity index is 2.23. The van der Waals surface area contributed by atoms with Crippen molar-refractivity contribution in [3.8, 4) is 5.75 Å². The van der Waals surface area contributed by atoms with Gasteiger partial charge >= 0.3 is 0 Å². The Labute approximate surface area is 80.2 Å². The topological polar surface area (TPSA) is 78.5 Å². The molecule has 2 rings (SSSR count). The first-order chi connectivity index (χ1) is 6.77. The highest BCUT2D eigenvalue weighted by Gasteiger charge is 2.13. The summed E-state index contributed by atoms with van der Waals surface area (Å²) in [6, 6.07) is 0. The molecule has 14 heavy (non-hydrogen) atoms. The van der Waals surface area contributed by atoms with Crippen LogP contribution in [-0.4, -0.2) is 41.4 Å². The average molecular weight is 197 g/mol. The second-order valence-electron chi connectivity index (χ2n) is 3.02. The molecule has 2 heterocycles. The molecule has 0 aromatic carbocycles. The lowest BCUT2D eigenvalue weighted by Gasteiger charge is -2.26. The first-order valence-electron chi connectivity index (χ1n) is 4.38. The lowest BCUT2D eigenvalue weighted by atomic mass is 10.4. The second kappa shape index (κ2) is 3.67. The number of aromatic nitrogens is 2. The van der Waals surface area contributed by atoms with Crippen molar-refractivity contribution in [1.82, 2.24) is 9.97 Å². The normalized spacial score (nSPS) is 17.0. The fourth-order valence-electron chi connectivity index (χ4n) is 1.31. The molecule has 1 aliphatic heterocycles. The molecule has 0 bridgehead atoms. The van der Waals surface area contributed by atoms with Crippen LogP contribution in [0, 0.1) is 0 Å². The number of nitrogens with zero attached hydrogens (tertiary/aromatic N) is 2. The van der Waals surface area contributed by atoms with E-state index in [0.29, 0.717) is 32.3 Å². The number of morpholine rings is 1. The molecule has 0 amide bonds. The van der Waals surface area contributed by atoms with Crippen molar-refractivity contribution in [3.05, 3.63) is 16.6 Å². The van der Waals surface area contributed by atoms with Crippen molar-refractivity contribution < 1.29 is 9.84 Å². The number of H-pyrrole nitrogens is 1. The smallest absolute Gasteiger partial charge is 0.294 e. The molecule has 0 atom stereocenters. The third-order valence-electron chi connectivity index (χ3n) is 2.08. The van der Waals surface area contributed by atoms with E-state index in [0.717, 1.165) is 6.20 Å². The van der Waals surface area contributed by atoms with Gasteiger partial charge in [-0.3, -0.25) is 9.78 Å². The molecule has 6 nitrogen and oxygen atoms in total. The molecule has 0 radical (unpaired) electrons. The van der Waals surface area contributed by atoms with Crippen LogP contribution in [0.2, 0.25) is 0 Å². The van der Waals surface area contributed by atoms with Crippen molar-refractivity contribution in [3.63, 3.8) is 0 Å². The fraction of sp³-hybridized carbons (Fsp3) is 0.500. The Morgan fingerprint density at radius 1 is 1.50 bits per heavy atom. The summed E-state index contributed by atoms with van der Waals surface area (Å²) in [6.45, 7) is 2.66. The van der Waals surface area contributed by atoms with Crippen molar-refractivity contribution in [2.45, 2.75) is 0 Å². The van der Waals surface area contributed by atoms with Crippen LogP contribution in [0.5, 0.6) is 5.75 Å². The Morgan fingerprint density at radius 3 is 2.86 bits per heavy atom. The highest BCUT2D eigenvalue weighted by atomic mass is 16.5. The zero-order valence-corrected chi connectivity index (χ0v) is 7.56. The summed E-state index contributed by atoms with van der Waals surface area (Å²) in [5, 5.41) is 8.99. The predicted molar refractivity (Wildman–Crippen MR) is 49.6 cm³/mol. The van der Waals surface area contributed by atoms with Crippen LogP contribution in [0.4, 0.5) is 5.95 Å². The predicted octanol–water partition coefficient (Wildman–Crippen LogP) is -0.688. The summed E-state index contributed by atoms with van der Waals surface area (Å²) in [5.41, 5.74) is -0.513. The molecular formula is C8H11N3O3. The van der Waals surface area contributed by atoms with Gasteiger partial charge in [0.25, 0.3) is 5.56 Å². The van der Waals surface area contributed by atoms with Crippen LogP contribution in [0.1, 0.15) is 0 Å². The zero-order chi connectivity index (χ0) is 9.97. The van der Waals surface area contributed by atoms with E-state index >= 15 is 0 Å². The summed E-state index contributed by atoms with van der Waals surface area (Å²) in [7, 11) is 0. The molecule has 2 N–H and O–H groups in total. The second-order valence-corrected chi connectivity index (χ2v) is 3.02. The average Bonchev–Trinajstić information content (AvgIpc) is 2.23. The van der Waals surface area contributed by atoms with Gasteiger partial charge in [0.1, 0.15) is 0 Å². The summed E-state index contributed by atoms with van der Waals surface area (Å²) >= 11 is 0. The Bertz CT molecular complexity index is 370. The quantitative estimate of drug-likeness (QED) is 0.623. The Hall–Kier alpha value is -1.56. The maximum absolute atomic E-state index is 11.1. The largest absolute Gasteiger partial charge is 0.502 e. The molecule has 1 aromatic heterocycles. The number of rotatable bonds is 1. The minimum absolute atomic E-state index is 0.359. The van der Waals surface area contributed by atoms with E-state index in [-0.39, 0.29) is 5.75 Å². The number of aromatic amines is 1. The summed E-state index contributed by atoms with van der Waals surface area (Å²) in [4.78, 5) is 19.4. The Morgan fingerprint density at radius 2 is 2.21 bits per heavy atom. The van der Waals surface area contributed by atoms with Crippen LogP contribution in [-0.2, 0) is 4.74 Å². The van der Waals surface area contributed by atoms with E-state index in [2.05, 4.69) is 9.97 Å². The van der Waals surface area contributed by atoms with E-state index in [4.69, 9.17) is 9.84 Å². The molecule has 0 aliphatic carbocycles. The van der Waals surface area contributed by atoms with Crippen molar-refractivity contribution >= 4 is 5.95 Å². The van der Waals surface area contributed by atoms with E-state index < -0.39 is 5.56 Å². The number of hydrogen-bond donors (Lipinski definition) is 2. The van der Waals surface area contributed by atoms with Crippen LogP contribution >= 0.6 is 0 Å². The third kappa shape index (κ3) is 1.69. The van der Waals surface area contributed by atoms with E-state index in [1.807, 2.05) is 4.90 Å². The van der Waals surface area contributed by atoms with Gasteiger partial charge in [0.05, 0.1) is 19.4 Å². The lowest BCUT2D eigenvalue weighted by Crippen LogP contribution is -2.38. The number of nitrogens with one attached hydrogen (secondary N) is 1. The maximum atomic E-state index is 11.1. The Kier molecular flexibility index (Phi) is 2.36. The van der Waals surface area contributed by atoms with Crippen molar-refractivity contribution in [1.29, 1.82) is 0 Å². The highest BCUT2D eigenvalue weighted by molar-refractivity contribution is 5.31. The maximum Gasteiger partial charge on any atom is 0.294 e. The summed E-state index contributed by atoms with van der Waals surface area (Å²) < 4.78 is 5.16. The lowest BCUT2D eigenvalue weighted by molar-refractivity contribution is 0.122. The van der Waals surface area contributed by atoms with Gasteiger partial charge in [-0.15, -0.1) is 0 Å². The number of anilines is 1. The van der Waals surface area contributed by atoms with Gasteiger partial charge in [-0.05, 0) is 0 Å². The SMILES string of the molecule is O=c1[nH]c(N2CCOCC2)ncc1O. The monoisotopic (exact) mass is 197 g/mol.